The molecule has 13 rings (SSSR count). The topological polar surface area (TPSA) is 259 Å². The first-order valence-corrected chi connectivity index (χ1v) is 51.5. The lowest BCUT2D eigenvalue weighted by Crippen LogP contribution is -2.13. The van der Waals surface area contributed by atoms with E-state index in [-0.39, 0.29) is 42.0 Å². The van der Waals surface area contributed by atoms with Crippen molar-refractivity contribution in [1.29, 1.82) is 0 Å². The lowest BCUT2D eigenvalue weighted by molar-refractivity contribution is -0.116. The lowest BCUT2D eigenvalue weighted by atomic mass is 10.0. The van der Waals surface area contributed by atoms with Gasteiger partial charge in [-0.25, -0.2) is 0 Å². The second-order valence-electron chi connectivity index (χ2n) is 35.9. The van der Waals surface area contributed by atoms with Crippen molar-refractivity contribution in [2.24, 2.45) is 0 Å². The van der Waals surface area contributed by atoms with Gasteiger partial charge >= 0.3 is 0 Å². The molecule has 0 saturated heterocycles. The van der Waals surface area contributed by atoms with Gasteiger partial charge in [0, 0.05) is 94.8 Å². The Morgan fingerprint density at radius 3 is 0.743 bits per heavy atom. The Hall–Kier alpha value is -14.0. The standard InChI is InChI=1S/C22H27NO2.C21H27NO3.C21H27NO2.C20H25NO3.2C20H25NO2/c1-4-16-13-15(3)9-12-21(16)25-14-19-18(17-10-11-17)7-6-8-20(19)23-22(24)5-2;1-5-16-13-15(4)11-12-19(16)25-14-17-18(22-21(23)6-2)9-8-10-20(17)24-7-3;1-5-16-9-8-10-19(22-21(23)7-3)18(16)14-24-20-12-11-15(4)13-17(20)6-2;1-4-15-11-14(3)9-10-19(15)24-13-17-16(12-22)7-6-8-18(17)21-20(23)5-2;2*1-5-16-12-14(3)10-11-19(16)23-13-17-15(4)8-7-9-18(17)21-20(22)6-2/h6-9,12-13,17H,4-5,10-11,14H2,1-3H3,(H,23,24);8-13H,5-7,14H2,1-4H3,(H,22,23);8-13H,5-7,14H2,1-4H3,(H,22,23);6-11,22H,4-5,12-13H2,1-3H3,(H,21,23);2*7-12H,5-6,13H2,1-4H3,(H,21,22). The van der Waals surface area contributed by atoms with E-state index in [1.165, 1.54) is 85.2 Å². The molecule has 144 heavy (non-hydrogen) atoms. The second-order valence-corrected chi connectivity index (χ2v) is 35.9. The highest BCUT2D eigenvalue weighted by Gasteiger charge is 2.28. The van der Waals surface area contributed by atoms with Crippen molar-refractivity contribution in [3.63, 3.8) is 0 Å². The fourth-order valence-corrected chi connectivity index (χ4v) is 16.2. The van der Waals surface area contributed by atoms with Crippen LogP contribution >= 0.6 is 0 Å². The molecule has 0 aliphatic heterocycles. The van der Waals surface area contributed by atoms with E-state index in [0.717, 1.165) is 169 Å². The van der Waals surface area contributed by atoms with Gasteiger partial charge in [-0.05, 0) is 266 Å². The lowest BCUT2D eigenvalue weighted by Gasteiger charge is -2.17. The summed E-state index contributed by atoms with van der Waals surface area (Å²) in [5.41, 5.74) is 30.8. The van der Waals surface area contributed by atoms with E-state index in [0.29, 0.717) is 96.4 Å². The Kier molecular flexibility index (Phi) is 48.4. The average Bonchev–Trinajstić information content (AvgIpc) is 1.65. The van der Waals surface area contributed by atoms with E-state index in [1.807, 2.05) is 195 Å². The van der Waals surface area contributed by atoms with Gasteiger partial charge in [-0.15, -0.1) is 0 Å². The quantitative estimate of drug-likeness (QED) is 0.0188. The summed E-state index contributed by atoms with van der Waals surface area (Å²) in [5, 5.41) is 27.4. The maximum atomic E-state index is 11.9. The van der Waals surface area contributed by atoms with Gasteiger partial charge in [0.05, 0.1) is 24.5 Å². The van der Waals surface area contributed by atoms with Gasteiger partial charge in [0.1, 0.15) is 79.9 Å². The van der Waals surface area contributed by atoms with Crippen LogP contribution in [-0.2, 0) is 120 Å². The molecular weight excluding hydrogens is 1800 g/mol. The fraction of sp³-hybridized carbons (Fsp3) is 0.371. The van der Waals surface area contributed by atoms with Crippen molar-refractivity contribution in [2.45, 2.75) is 301 Å². The largest absolute Gasteiger partial charge is 0.493 e. The zero-order chi connectivity index (χ0) is 105. The van der Waals surface area contributed by atoms with Crippen LogP contribution in [0.25, 0.3) is 0 Å². The van der Waals surface area contributed by atoms with Crippen LogP contribution in [0.4, 0.5) is 34.1 Å². The first-order valence-electron chi connectivity index (χ1n) is 51.5. The van der Waals surface area contributed by atoms with Crippen molar-refractivity contribution >= 4 is 69.6 Å². The highest BCUT2D eigenvalue weighted by atomic mass is 16.5. The minimum atomic E-state index is -0.0942. The molecule has 766 valence electrons. The number of hydrogen-bond donors (Lipinski definition) is 7. The van der Waals surface area contributed by atoms with Crippen LogP contribution in [0.15, 0.2) is 218 Å². The highest BCUT2D eigenvalue weighted by Crippen LogP contribution is 2.44. The number of anilines is 6. The Morgan fingerprint density at radius 1 is 0.243 bits per heavy atom. The Balaban J connectivity index is 0.000000211. The Morgan fingerprint density at radius 2 is 0.472 bits per heavy atom. The molecule has 20 heteroatoms. The van der Waals surface area contributed by atoms with E-state index in [9.17, 15) is 33.9 Å². The van der Waals surface area contributed by atoms with Gasteiger partial charge in [-0.1, -0.05) is 263 Å². The molecule has 1 fully saturated rings. The molecule has 0 unspecified atom stereocenters. The summed E-state index contributed by atoms with van der Waals surface area (Å²) in [6, 6.07) is 72.6. The number of carbonyl (C=O) groups excluding carboxylic acids is 6. The molecule has 0 bridgehead atoms. The normalized spacial score (nSPS) is 11.0. The van der Waals surface area contributed by atoms with Gasteiger partial charge < -0.3 is 70.2 Å². The molecule has 12 aromatic carbocycles. The van der Waals surface area contributed by atoms with Gasteiger partial charge in [0.2, 0.25) is 35.4 Å². The van der Waals surface area contributed by atoms with Crippen LogP contribution in [0.1, 0.15) is 282 Å². The molecule has 0 heterocycles. The van der Waals surface area contributed by atoms with E-state index in [2.05, 4.69) is 201 Å². The molecule has 0 aromatic heterocycles. The number of benzene rings is 12. The number of aliphatic hydroxyl groups excluding tert-OH is 1. The number of aryl methyl sites for hydroxylation is 15. The molecule has 1 aliphatic rings. The molecule has 6 amide bonds. The molecule has 20 nitrogen and oxygen atoms in total. The molecule has 0 radical (unpaired) electrons. The van der Waals surface area contributed by atoms with E-state index in [4.69, 9.17) is 33.2 Å². The third kappa shape index (κ3) is 35.9. The summed E-state index contributed by atoms with van der Waals surface area (Å²) in [6.45, 7) is 47.4. The molecule has 0 spiro atoms. The smallest absolute Gasteiger partial charge is 0.224 e. The van der Waals surface area contributed by atoms with E-state index >= 15 is 0 Å². The molecular formula is C124H156N6O14. The number of hydrogen-bond acceptors (Lipinski definition) is 14. The molecule has 1 aliphatic carbocycles. The fourth-order valence-electron chi connectivity index (χ4n) is 16.2. The van der Waals surface area contributed by atoms with Gasteiger partial charge in [0.25, 0.3) is 0 Å². The summed E-state index contributed by atoms with van der Waals surface area (Å²) < 4.78 is 42.2. The first-order chi connectivity index (χ1) is 69.5. The molecule has 0 atom stereocenters. The van der Waals surface area contributed by atoms with Crippen molar-refractivity contribution in [3.8, 4) is 40.2 Å². The highest BCUT2D eigenvalue weighted by molar-refractivity contribution is 5.95. The van der Waals surface area contributed by atoms with Crippen LogP contribution < -0.4 is 65.1 Å². The summed E-state index contributed by atoms with van der Waals surface area (Å²) >= 11 is 0. The van der Waals surface area contributed by atoms with Gasteiger partial charge in [0.15, 0.2) is 0 Å². The SMILES string of the molecule is CCC(=O)Nc1cccc(C)c1COc1ccc(C)cc1CC.CCC(=O)Nc1cccc(C)c1COc1ccc(C)cc1CC.CCC(=O)Nc1cccc(C2CC2)c1COc1ccc(C)cc1CC.CCC(=O)Nc1cccc(CC)c1COc1ccc(C)cc1CC.CCC(=O)Nc1cccc(CO)c1COc1ccc(C)cc1CC.CCOc1cccc(NC(=O)CC)c1COc1ccc(C)cc1CC. The first kappa shape index (κ1) is 115. The van der Waals surface area contributed by atoms with Crippen molar-refractivity contribution < 1.29 is 67.0 Å². The Labute approximate surface area is 857 Å². The number of aliphatic hydroxyl groups is 1. The number of ether oxygens (including phenoxy) is 7. The summed E-state index contributed by atoms with van der Waals surface area (Å²) in [5.74, 6) is 6.74. The predicted molar refractivity (Wildman–Crippen MR) is 589 cm³/mol. The van der Waals surface area contributed by atoms with Crippen molar-refractivity contribution in [3.05, 3.63) is 346 Å². The average molecular weight is 1950 g/mol. The van der Waals surface area contributed by atoms with E-state index in [1.54, 1.807) is 6.92 Å². The van der Waals surface area contributed by atoms with Crippen LogP contribution in [-0.4, -0.2) is 47.2 Å². The zero-order valence-electron chi connectivity index (χ0n) is 89.4. The van der Waals surface area contributed by atoms with Gasteiger partial charge in [-0.2, -0.15) is 0 Å². The van der Waals surface area contributed by atoms with Crippen molar-refractivity contribution in [1.82, 2.24) is 0 Å². The van der Waals surface area contributed by atoms with Crippen LogP contribution in [0, 0.1) is 55.4 Å². The summed E-state index contributed by atoms with van der Waals surface area (Å²) in [4.78, 5) is 70.6. The number of carbonyl (C=O) groups is 6. The number of amides is 6. The van der Waals surface area contributed by atoms with Crippen molar-refractivity contribution in [2.75, 3.05) is 38.5 Å². The second kappa shape index (κ2) is 60.5. The van der Waals surface area contributed by atoms with Crippen LogP contribution in [0.2, 0.25) is 0 Å². The van der Waals surface area contributed by atoms with E-state index < -0.39 is 0 Å². The van der Waals surface area contributed by atoms with Crippen LogP contribution in [0.3, 0.4) is 0 Å². The minimum Gasteiger partial charge on any atom is -0.493 e. The van der Waals surface area contributed by atoms with Gasteiger partial charge in [-0.3, -0.25) is 28.8 Å². The summed E-state index contributed by atoms with van der Waals surface area (Å²) in [7, 11) is 0. The molecule has 12 aromatic rings. The Bertz CT molecular complexity index is 5970. The third-order valence-electron chi connectivity index (χ3n) is 25.0. The molecule has 1 saturated carbocycles. The monoisotopic (exact) mass is 1950 g/mol. The maximum Gasteiger partial charge on any atom is 0.224 e. The zero-order valence-corrected chi connectivity index (χ0v) is 89.4. The summed E-state index contributed by atoms with van der Waals surface area (Å²) in [6.07, 6.45) is 11.6. The number of nitrogens with one attached hydrogen (secondary N) is 6. The maximum absolute atomic E-state index is 11.9. The third-order valence-corrected chi connectivity index (χ3v) is 25.0. The number of rotatable bonds is 41. The minimum absolute atomic E-state index is 0.0152. The predicted octanol–water partition coefficient (Wildman–Crippen LogP) is 28.9. The van der Waals surface area contributed by atoms with Crippen LogP contribution in [0.5, 0.6) is 40.2 Å². The molecule has 7 N–H and O–H groups in total.